The van der Waals surface area contributed by atoms with Gasteiger partial charge in [0.15, 0.2) is 0 Å². The highest BCUT2D eigenvalue weighted by Crippen LogP contribution is 2.15. The number of amides is 2. The van der Waals surface area contributed by atoms with Gasteiger partial charge in [-0.05, 0) is 61.5 Å². The van der Waals surface area contributed by atoms with Gasteiger partial charge in [-0.1, -0.05) is 23.8 Å². The fourth-order valence-corrected chi connectivity index (χ4v) is 2.65. The van der Waals surface area contributed by atoms with Crippen LogP contribution in [0.5, 0.6) is 0 Å². The molecule has 0 fully saturated rings. The molecule has 2 amide bonds. The molecule has 0 atom stereocenters. The summed E-state index contributed by atoms with van der Waals surface area (Å²) in [6.07, 6.45) is 0. The minimum absolute atomic E-state index is 0.300. The van der Waals surface area contributed by atoms with Crippen LogP contribution in [0, 0.1) is 6.92 Å². The molecule has 0 aromatic heterocycles. The Hall–Kier alpha value is -3.93. The van der Waals surface area contributed by atoms with E-state index in [4.69, 9.17) is 0 Å². The summed E-state index contributed by atoms with van der Waals surface area (Å²) in [4.78, 5) is 36.5. The fraction of sp³-hybridized carbons (Fsp3) is 0.0870. The van der Waals surface area contributed by atoms with Crippen molar-refractivity contribution in [1.29, 1.82) is 0 Å². The minimum atomic E-state index is -0.449. The van der Waals surface area contributed by atoms with Crippen LogP contribution in [0.25, 0.3) is 0 Å². The van der Waals surface area contributed by atoms with Gasteiger partial charge in [0.1, 0.15) is 0 Å². The largest absolute Gasteiger partial charge is 0.465 e. The van der Waals surface area contributed by atoms with Crippen molar-refractivity contribution in [2.24, 2.45) is 0 Å². The van der Waals surface area contributed by atoms with Crippen LogP contribution in [0.4, 0.5) is 11.4 Å². The van der Waals surface area contributed by atoms with Crippen LogP contribution in [0.2, 0.25) is 0 Å². The number of methoxy groups -OCH3 is 1. The van der Waals surface area contributed by atoms with E-state index < -0.39 is 5.97 Å². The van der Waals surface area contributed by atoms with Crippen LogP contribution in [0.1, 0.15) is 36.6 Å². The summed E-state index contributed by atoms with van der Waals surface area (Å²) in [7, 11) is 1.31. The first-order valence-corrected chi connectivity index (χ1v) is 8.94. The predicted molar refractivity (Wildman–Crippen MR) is 111 cm³/mol. The number of carbonyl (C=O) groups is 3. The number of esters is 1. The van der Waals surface area contributed by atoms with Crippen LogP contribution in [0.3, 0.4) is 0 Å². The lowest BCUT2D eigenvalue weighted by atomic mass is 10.1. The van der Waals surface area contributed by atoms with Gasteiger partial charge in [-0.25, -0.2) is 4.79 Å². The van der Waals surface area contributed by atoms with Gasteiger partial charge in [-0.3, -0.25) is 9.59 Å². The zero-order valence-corrected chi connectivity index (χ0v) is 16.1. The Morgan fingerprint density at radius 1 is 0.690 bits per heavy atom. The summed E-state index contributed by atoms with van der Waals surface area (Å²) < 4.78 is 4.65. The molecule has 3 aromatic carbocycles. The fourth-order valence-electron chi connectivity index (χ4n) is 2.65. The van der Waals surface area contributed by atoms with Gasteiger partial charge < -0.3 is 15.4 Å². The van der Waals surface area contributed by atoms with Crippen molar-refractivity contribution in [2.75, 3.05) is 17.7 Å². The number of ether oxygens (including phenoxy) is 1. The van der Waals surface area contributed by atoms with Gasteiger partial charge in [-0.2, -0.15) is 0 Å². The van der Waals surface area contributed by atoms with E-state index in [1.54, 1.807) is 42.5 Å². The topological polar surface area (TPSA) is 84.5 Å². The molecule has 0 aliphatic carbocycles. The SMILES string of the molecule is COC(=O)c1ccc(NC(=O)c2cccc(C(=O)Nc3ccc(C)cc3)c2)cc1. The third kappa shape index (κ3) is 5.07. The number of hydrogen-bond acceptors (Lipinski definition) is 4. The summed E-state index contributed by atoms with van der Waals surface area (Å²) >= 11 is 0. The van der Waals surface area contributed by atoms with Gasteiger partial charge >= 0.3 is 5.97 Å². The van der Waals surface area contributed by atoms with Gasteiger partial charge in [0.05, 0.1) is 12.7 Å². The predicted octanol–water partition coefficient (Wildman–Crippen LogP) is 4.29. The molecule has 0 aliphatic rings. The van der Waals surface area contributed by atoms with Crippen molar-refractivity contribution in [2.45, 2.75) is 6.92 Å². The summed E-state index contributed by atoms with van der Waals surface area (Å²) in [6.45, 7) is 1.97. The third-order valence-electron chi connectivity index (χ3n) is 4.26. The van der Waals surface area contributed by atoms with Crippen LogP contribution >= 0.6 is 0 Å². The van der Waals surface area contributed by atoms with Crippen molar-refractivity contribution in [1.82, 2.24) is 0 Å². The second-order valence-corrected chi connectivity index (χ2v) is 6.42. The van der Waals surface area contributed by atoms with E-state index in [2.05, 4.69) is 15.4 Å². The monoisotopic (exact) mass is 388 g/mol. The van der Waals surface area contributed by atoms with E-state index in [0.717, 1.165) is 5.56 Å². The quantitative estimate of drug-likeness (QED) is 0.639. The first-order valence-electron chi connectivity index (χ1n) is 8.94. The Morgan fingerprint density at radius 2 is 1.17 bits per heavy atom. The molecule has 0 bridgehead atoms. The molecule has 6 heteroatoms. The molecule has 0 spiro atoms. The molecule has 2 N–H and O–H groups in total. The number of nitrogens with one attached hydrogen (secondary N) is 2. The van der Waals surface area contributed by atoms with Crippen LogP contribution < -0.4 is 10.6 Å². The Balaban J connectivity index is 1.69. The van der Waals surface area contributed by atoms with Crippen molar-refractivity contribution < 1.29 is 19.1 Å². The number of anilines is 2. The third-order valence-corrected chi connectivity index (χ3v) is 4.26. The zero-order chi connectivity index (χ0) is 20.8. The molecule has 0 radical (unpaired) electrons. The van der Waals surface area contributed by atoms with E-state index in [0.29, 0.717) is 28.1 Å². The number of hydrogen-bond donors (Lipinski definition) is 2. The van der Waals surface area contributed by atoms with E-state index in [-0.39, 0.29) is 11.8 Å². The first kappa shape index (κ1) is 19.8. The van der Waals surface area contributed by atoms with Gasteiger partial charge in [-0.15, -0.1) is 0 Å². The zero-order valence-electron chi connectivity index (χ0n) is 16.1. The molecule has 29 heavy (non-hydrogen) atoms. The standard InChI is InChI=1S/C23H20N2O4/c1-15-6-10-19(11-7-15)24-21(26)17-4-3-5-18(14-17)22(27)25-20-12-8-16(9-13-20)23(28)29-2/h3-14H,1-2H3,(H,24,26)(H,25,27). The van der Waals surface area contributed by atoms with Gasteiger partial charge in [0, 0.05) is 22.5 Å². The van der Waals surface area contributed by atoms with E-state index in [1.165, 1.54) is 13.2 Å². The lowest BCUT2D eigenvalue weighted by molar-refractivity contribution is 0.0600. The van der Waals surface area contributed by atoms with E-state index >= 15 is 0 Å². The summed E-state index contributed by atoms with van der Waals surface area (Å²) in [6, 6.07) is 20.3. The van der Waals surface area contributed by atoms with Crippen LogP contribution in [-0.4, -0.2) is 24.9 Å². The van der Waals surface area contributed by atoms with Crippen molar-refractivity contribution in [3.05, 3.63) is 95.1 Å². The Morgan fingerprint density at radius 3 is 1.66 bits per heavy atom. The molecule has 146 valence electrons. The van der Waals surface area contributed by atoms with Crippen LogP contribution in [0.15, 0.2) is 72.8 Å². The smallest absolute Gasteiger partial charge is 0.337 e. The summed E-state index contributed by atoms with van der Waals surface area (Å²) in [5.74, 6) is -1.11. The van der Waals surface area contributed by atoms with E-state index in [1.807, 2.05) is 31.2 Å². The van der Waals surface area contributed by atoms with Crippen molar-refractivity contribution in [3.8, 4) is 0 Å². The molecule has 0 heterocycles. The first-order chi connectivity index (χ1) is 14.0. The number of rotatable bonds is 5. The molecule has 0 saturated heterocycles. The van der Waals surface area contributed by atoms with E-state index in [9.17, 15) is 14.4 Å². The molecular weight excluding hydrogens is 368 g/mol. The highest BCUT2D eigenvalue weighted by atomic mass is 16.5. The average molecular weight is 388 g/mol. The second-order valence-electron chi connectivity index (χ2n) is 6.42. The maximum Gasteiger partial charge on any atom is 0.337 e. The molecular formula is C23H20N2O4. The Kier molecular flexibility index (Phi) is 6.04. The Bertz CT molecular complexity index is 1040. The van der Waals surface area contributed by atoms with Crippen LogP contribution in [-0.2, 0) is 4.74 Å². The van der Waals surface area contributed by atoms with Gasteiger partial charge in [0.2, 0.25) is 0 Å². The minimum Gasteiger partial charge on any atom is -0.465 e. The lowest BCUT2D eigenvalue weighted by Crippen LogP contribution is -2.15. The highest BCUT2D eigenvalue weighted by molar-refractivity contribution is 6.08. The average Bonchev–Trinajstić information content (AvgIpc) is 2.75. The Labute approximate surface area is 168 Å². The second kappa shape index (κ2) is 8.84. The van der Waals surface area contributed by atoms with Gasteiger partial charge in [0.25, 0.3) is 11.8 Å². The van der Waals surface area contributed by atoms with Crippen molar-refractivity contribution in [3.63, 3.8) is 0 Å². The maximum absolute atomic E-state index is 12.5. The number of carbonyl (C=O) groups excluding carboxylic acids is 3. The molecule has 0 aliphatic heterocycles. The summed E-state index contributed by atoms with van der Waals surface area (Å²) in [5, 5.41) is 5.55. The molecule has 0 saturated carbocycles. The lowest BCUT2D eigenvalue weighted by Gasteiger charge is -2.09. The number of benzene rings is 3. The molecule has 3 rings (SSSR count). The normalized spacial score (nSPS) is 10.1. The highest BCUT2D eigenvalue weighted by Gasteiger charge is 2.12. The molecule has 3 aromatic rings. The molecule has 6 nitrogen and oxygen atoms in total. The summed E-state index contributed by atoms with van der Waals surface area (Å²) in [5.41, 5.74) is 3.41. The maximum atomic E-state index is 12.5. The van der Waals surface area contributed by atoms with Crippen molar-refractivity contribution >= 4 is 29.2 Å². The number of aryl methyl sites for hydroxylation is 1. The molecule has 0 unspecified atom stereocenters.